The summed E-state index contributed by atoms with van der Waals surface area (Å²) in [5.41, 5.74) is 0. The van der Waals surface area contributed by atoms with E-state index >= 15 is 0 Å². The molecule has 5 atom stereocenters. The number of carboxylic acids is 1. The predicted octanol–water partition coefficient (Wildman–Crippen LogP) is 5.96. The van der Waals surface area contributed by atoms with E-state index in [1.54, 1.807) is 0 Å². The van der Waals surface area contributed by atoms with Gasteiger partial charge in [0.25, 0.3) is 0 Å². The van der Waals surface area contributed by atoms with Crippen molar-refractivity contribution in [2.24, 2.45) is 0 Å². The van der Waals surface area contributed by atoms with Crippen LogP contribution in [0.25, 0.3) is 0 Å². The lowest BCUT2D eigenvalue weighted by molar-refractivity contribution is -0.273. The molecule has 6 nitrogen and oxygen atoms in total. The van der Waals surface area contributed by atoms with Gasteiger partial charge in [-0.15, -0.1) is 0 Å². The second kappa shape index (κ2) is 18.7. The molecule has 0 unspecified atom stereocenters. The zero-order valence-corrected chi connectivity index (χ0v) is 20.7. The van der Waals surface area contributed by atoms with E-state index in [1.165, 1.54) is 77.0 Å². The molecule has 1 saturated heterocycles. The number of carboxylic acid groups (broad SMARTS) is 1. The third kappa shape index (κ3) is 15.2. The Morgan fingerprint density at radius 3 is 1.72 bits per heavy atom. The fraction of sp³-hybridized carbons (Fsp3) is 0.962. The highest BCUT2D eigenvalue weighted by Gasteiger charge is 2.35. The Bertz CT molecular complexity index is 458. The number of rotatable bonds is 20. The lowest BCUT2D eigenvalue weighted by atomic mass is 10.0. The molecule has 0 radical (unpaired) electrons. The van der Waals surface area contributed by atoms with Crippen molar-refractivity contribution in [2.75, 3.05) is 0 Å². The molecule has 1 aliphatic heterocycles. The Morgan fingerprint density at radius 2 is 1.25 bits per heavy atom. The number of carbonyl (C=O) groups is 1. The summed E-state index contributed by atoms with van der Waals surface area (Å²) in [5, 5.41) is 28.3. The number of aliphatic carboxylic acids is 1. The van der Waals surface area contributed by atoms with Crippen molar-refractivity contribution in [3.8, 4) is 0 Å². The lowest BCUT2D eigenvalue weighted by Crippen LogP contribution is -2.48. The molecule has 3 N–H and O–H groups in total. The van der Waals surface area contributed by atoms with Gasteiger partial charge in [0.1, 0.15) is 6.10 Å². The van der Waals surface area contributed by atoms with Crippen LogP contribution in [0.4, 0.5) is 0 Å². The Hall–Kier alpha value is -0.690. The maximum Gasteiger partial charge on any atom is 0.303 e. The van der Waals surface area contributed by atoms with Crippen molar-refractivity contribution in [3.05, 3.63) is 0 Å². The van der Waals surface area contributed by atoms with Gasteiger partial charge in [-0.25, -0.2) is 0 Å². The van der Waals surface area contributed by atoms with Gasteiger partial charge >= 0.3 is 5.97 Å². The fourth-order valence-electron chi connectivity index (χ4n) is 4.37. The predicted molar refractivity (Wildman–Crippen MR) is 128 cm³/mol. The molecule has 190 valence electrons. The van der Waals surface area contributed by atoms with E-state index in [0.717, 1.165) is 25.7 Å². The van der Waals surface area contributed by atoms with E-state index < -0.39 is 24.5 Å². The molecule has 1 fully saturated rings. The second-order valence-electron chi connectivity index (χ2n) is 9.76. The van der Waals surface area contributed by atoms with Crippen LogP contribution < -0.4 is 0 Å². The minimum Gasteiger partial charge on any atom is -0.481 e. The maximum atomic E-state index is 10.4. The number of ether oxygens (including phenoxy) is 2. The van der Waals surface area contributed by atoms with Crippen LogP contribution in [0.3, 0.4) is 0 Å². The zero-order chi connectivity index (χ0) is 23.6. The summed E-state index contributed by atoms with van der Waals surface area (Å²) in [6.45, 7) is 3.85. The molecule has 1 heterocycles. The molecule has 32 heavy (non-hydrogen) atoms. The van der Waals surface area contributed by atoms with E-state index in [4.69, 9.17) is 14.6 Å². The zero-order valence-electron chi connectivity index (χ0n) is 20.7. The molecule has 0 saturated carbocycles. The molecule has 1 rings (SSSR count). The van der Waals surface area contributed by atoms with Gasteiger partial charge in [0, 0.05) is 12.8 Å². The van der Waals surface area contributed by atoms with Crippen molar-refractivity contribution < 1.29 is 29.6 Å². The molecular formula is C26H50O6. The molecule has 0 aromatic carbocycles. The highest BCUT2D eigenvalue weighted by molar-refractivity contribution is 5.66. The highest BCUT2D eigenvalue weighted by Crippen LogP contribution is 2.23. The van der Waals surface area contributed by atoms with Crippen LogP contribution >= 0.6 is 0 Å². The van der Waals surface area contributed by atoms with Crippen molar-refractivity contribution in [2.45, 2.75) is 160 Å². The minimum absolute atomic E-state index is 0.0573. The molecule has 0 amide bonds. The number of hydrogen-bond donors (Lipinski definition) is 3. The molecule has 0 spiro atoms. The fourth-order valence-corrected chi connectivity index (χ4v) is 4.37. The van der Waals surface area contributed by atoms with Crippen LogP contribution in [-0.2, 0) is 14.3 Å². The van der Waals surface area contributed by atoms with E-state index in [1.807, 2.05) is 13.8 Å². The molecule has 0 aromatic heterocycles. The molecular weight excluding hydrogens is 408 g/mol. The second-order valence-corrected chi connectivity index (χ2v) is 9.76. The first-order valence-corrected chi connectivity index (χ1v) is 13.3. The molecule has 0 bridgehead atoms. The summed E-state index contributed by atoms with van der Waals surface area (Å²) in [7, 11) is 0. The largest absolute Gasteiger partial charge is 0.481 e. The van der Waals surface area contributed by atoms with Crippen LogP contribution in [0.5, 0.6) is 0 Å². The third-order valence-corrected chi connectivity index (χ3v) is 6.56. The van der Waals surface area contributed by atoms with Crippen molar-refractivity contribution in [3.63, 3.8) is 0 Å². The van der Waals surface area contributed by atoms with E-state index in [-0.39, 0.29) is 12.2 Å². The Labute approximate surface area is 196 Å². The summed E-state index contributed by atoms with van der Waals surface area (Å²) in [6, 6.07) is 0. The lowest BCUT2D eigenvalue weighted by Gasteiger charge is -2.36. The third-order valence-electron chi connectivity index (χ3n) is 6.56. The molecule has 1 aliphatic rings. The summed E-state index contributed by atoms with van der Waals surface area (Å²) in [6.07, 6.45) is 18.0. The number of aliphatic hydroxyl groups is 2. The molecule has 0 aromatic rings. The Balaban J connectivity index is 1.81. The van der Waals surface area contributed by atoms with Crippen molar-refractivity contribution in [1.29, 1.82) is 0 Å². The monoisotopic (exact) mass is 458 g/mol. The number of unbranched alkanes of at least 4 members (excludes halogenated alkanes) is 14. The number of aliphatic hydroxyl groups excluding tert-OH is 2. The highest BCUT2D eigenvalue weighted by atomic mass is 16.7. The van der Waals surface area contributed by atoms with Gasteiger partial charge in [0.15, 0.2) is 6.29 Å². The van der Waals surface area contributed by atoms with E-state index in [0.29, 0.717) is 12.8 Å². The van der Waals surface area contributed by atoms with Gasteiger partial charge in [0.2, 0.25) is 0 Å². The van der Waals surface area contributed by atoms with Gasteiger partial charge in [-0.05, 0) is 26.7 Å². The summed E-state index contributed by atoms with van der Waals surface area (Å²) < 4.78 is 11.4. The van der Waals surface area contributed by atoms with Gasteiger partial charge in [-0.2, -0.15) is 0 Å². The summed E-state index contributed by atoms with van der Waals surface area (Å²) in [5.74, 6) is -0.673. The quantitative estimate of drug-likeness (QED) is 0.195. The van der Waals surface area contributed by atoms with E-state index in [2.05, 4.69) is 0 Å². The van der Waals surface area contributed by atoms with Crippen LogP contribution in [0.1, 0.15) is 129 Å². The van der Waals surface area contributed by atoms with Crippen LogP contribution in [0, 0.1) is 0 Å². The standard InChI is InChI=1S/C26H50O6/c1-21(31-26-24(28)20-23(27)22(2)32-26)18-16-14-12-10-8-6-4-3-5-7-9-11-13-15-17-19-25(29)30/h21-24,26-28H,3-20H2,1-2H3,(H,29,30)/t21-,22+,23-,24-,26-/m1/s1. The van der Waals surface area contributed by atoms with Gasteiger partial charge in [-0.1, -0.05) is 89.9 Å². The topological polar surface area (TPSA) is 96.2 Å². The van der Waals surface area contributed by atoms with Gasteiger partial charge < -0.3 is 24.8 Å². The first-order chi connectivity index (χ1) is 15.4. The summed E-state index contributed by atoms with van der Waals surface area (Å²) >= 11 is 0. The van der Waals surface area contributed by atoms with Crippen LogP contribution in [-0.4, -0.2) is 52.0 Å². The SMILES string of the molecule is C[C@H](CCCCCCCCCCCCCCCCCC(=O)O)O[C@@H]1O[C@@H](C)[C@H](O)C[C@H]1O. The normalized spacial score (nSPS) is 24.5. The first kappa shape index (κ1) is 29.3. The van der Waals surface area contributed by atoms with E-state index in [9.17, 15) is 15.0 Å². The average Bonchev–Trinajstić information content (AvgIpc) is 2.74. The number of hydrogen-bond acceptors (Lipinski definition) is 5. The Morgan fingerprint density at radius 1 is 0.812 bits per heavy atom. The average molecular weight is 459 g/mol. The van der Waals surface area contributed by atoms with Crippen molar-refractivity contribution in [1.82, 2.24) is 0 Å². The van der Waals surface area contributed by atoms with Gasteiger partial charge in [-0.3, -0.25) is 4.79 Å². The summed E-state index contributed by atoms with van der Waals surface area (Å²) in [4.78, 5) is 10.4. The molecule has 6 heteroatoms. The Kier molecular flexibility index (Phi) is 17.2. The van der Waals surface area contributed by atoms with Crippen molar-refractivity contribution >= 4 is 5.97 Å². The maximum absolute atomic E-state index is 10.4. The first-order valence-electron chi connectivity index (χ1n) is 13.3. The molecule has 0 aliphatic carbocycles. The van der Waals surface area contributed by atoms with Gasteiger partial charge in [0.05, 0.1) is 18.3 Å². The smallest absolute Gasteiger partial charge is 0.303 e. The minimum atomic E-state index is -0.751. The van der Waals surface area contributed by atoms with Crippen LogP contribution in [0.15, 0.2) is 0 Å². The van der Waals surface area contributed by atoms with Crippen LogP contribution in [0.2, 0.25) is 0 Å².